The molecule has 4 aromatic rings. The number of esters is 1. The first-order valence-electron chi connectivity index (χ1n) is 14.9. The fourth-order valence-electron chi connectivity index (χ4n) is 6.16. The van der Waals surface area contributed by atoms with E-state index in [1.54, 1.807) is 10.9 Å². The van der Waals surface area contributed by atoms with Gasteiger partial charge in [-0.2, -0.15) is 5.10 Å². The van der Waals surface area contributed by atoms with E-state index in [0.29, 0.717) is 12.2 Å². The third-order valence-corrected chi connectivity index (χ3v) is 8.26. The summed E-state index contributed by atoms with van der Waals surface area (Å²) in [6.45, 7) is 4.18. The van der Waals surface area contributed by atoms with Crippen molar-refractivity contribution < 1.29 is 14.3 Å². The summed E-state index contributed by atoms with van der Waals surface area (Å²) in [7, 11) is 3.66. The van der Waals surface area contributed by atoms with Gasteiger partial charge in [-0.25, -0.2) is 9.48 Å². The highest BCUT2D eigenvalue weighted by molar-refractivity contribution is 5.91. The van der Waals surface area contributed by atoms with Crippen LogP contribution in [0.2, 0.25) is 0 Å². The molecule has 0 radical (unpaired) electrons. The Morgan fingerprint density at radius 3 is 2.49 bits per heavy atom. The van der Waals surface area contributed by atoms with Gasteiger partial charge in [0.2, 0.25) is 0 Å². The molecule has 1 aliphatic carbocycles. The summed E-state index contributed by atoms with van der Waals surface area (Å²) in [4.78, 5) is 13.0. The second-order valence-electron chi connectivity index (χ2n) is 11.0. The first-order valence-corrected chi connectivity index (χ1v) is 14.9. The topological polar surface area (TPSA) is 84.1 Å². The number of carbonyl (C=O) groups excluding carboxylic acids is 1. The van der Waals surface area contributed by atoms with Crippen molar-refractivity contribution in [3.63, 3.8) is 0 Å². The summed E-state index contributed by atoms with van der Waals surface area (Å²) < 4.78 is 14.9. The third kappa shape index (κ3) is 6.43. The molecular formula is C33H41N5O3. The van der Waals surface area contributed by atoms with Crippen molar-refractivity contribution in [3.05, 3.63) is 83.4 Å². The molecule has 0 bridgehead atoms. The van der Waals surface area contributed by atoms with Gasteiger partial charge in [-0.05, 0) is 60.6 Å². The first-order chi connectivity index (χ1) is 20.0. The van der Waals surface area contributed by atoms with Crippen molar-refractivity contribution >= 4 is 5.97 Å². The van der Waals surface area contributed by atoms with Crippen LogP contribution in [0.3, 0.4) is 0 Å². The molecule has 8 heteroatoms. The Balaban J connectivity index is 1.50. The third-order valence-electron chi connectivity index (χ3n) is 8.26. The smallest absolute Gasteiger partial charge is 0.341 e. The van der Waals surface area contributed by atoms with Crippen molar-refractivity contribution in [2.24, 2.45) is 13.0 Å². The summed E-state index contributed by atoms with van der Waals surface area (Å²) in [6.07, 6.45) is 12.0. The number of nitrogens with zero attached hydrogens (tertiary/aromatic N) is 5. The molecule has 2 aromatic heterocycles. The zero-order chi connectivity index (χ0) is 28.8. The van der Waals surface area contributed by atoms with Gasteiger partial charge in [-0.1, -0.05) is 74.6 Å². The van der Waals surface area contributed by atoms with Crippen LogP contribution in [0.5, 0.6) is 0 Å². The van der Waals surface area contributed by atoms with Gasteiger partial charge in [0.15, 0.2) is 0 Å². The normalized spacial score (nSPS) is 15.5. The van der Waals surface area contributed by atoms with E-state index < -0.39 is 0 Å². The summed E-state index contributed by atoms with van der Waals surface area (Å²) in [5.74, 6) is 0.164. The van der Waals surface area contributed by atoms with E-state index in [1.165, 1.54) is 37.7 Å². The van der Waals surface area contributed by atoms with Crippen LogP contribution < -0.4 is 0 Å². The summed E-state index contributed by atoms with van der Waals surface area (Å²) in [5, 5.41) is 13.2. The Bertz CT molecular complexity index is 1450. The average Bonchev–Trinajstić information content (AvgIpc) is 3.64. The minimum absolute atomic E-state index is 0.0865. The SMILES string of the molecule is CCOC(=O)c1cnn(-c2cccc(-c3cccc(C(CC4CCCCC4)OC)c3)c2)c1C(CC)c1cn(C)nn1. The van der Waals surface area contributed by atoms with Gasteiger partial charge in [0.1, 0.15) is 5.56 Å². The van der Waals surface area contributed by atoms with Gasteiger partial charge in [0.25, 0.3) is 0 Å². The molecule has 2 atom stereocenters. The lowest BCUT2D eigenvalue weighted by molar-refractivity contribution is 0.0524. The van der Waals surface area contributed by atoms with Crippen LogP contribution in [0.4, 0.5) is 0 Å². The lowest BCUT2D eigenvalue weighted by atomic mass is 9.84. The van der Waals surface area contributed by atoms with Crippen molar-refractivity contribution in [1.82, 2.24) is 24.8 Å². The average molecular weight is 556 g/mol. The molecule has 1 saturated carbocycles. The summed E-state index contributed by atoms with van der Waals surface area (Å²) >= 11 is 0. The van der Waals surface area contributed by atoms with Gasteiger partial charge in [-0.3, -0.25) is 4.68 Å². The van der Waals surface area contributed by atoms with Crippen LogP contribution >= 0.6 is 0 Å². The number of hydrogen-bond acceptors (Lipinski definition) is 6. The monoisotopic (exact) mass is 555 g/mol. The van der Waals surface area contributed by atoms with E-state index in [1.807, 2.05) is 44.1 Å². The molecule has 216 valence electrons. The Hall–Kier alpha value is -3.78. The molecule has 0 amide bonds. The van der Waals surface area contributed by atoms with Crippen LogP contribution in [0.15, 0.2) is 60.9 Å². The Kier molecular flexibility index (Phi) is 9.29. The fraction of sp³-hybridized carbons (Fsp3) is 0.455. The lowest BCUT2D eigenvalue weighted by Gasteiger charge is -2.26. The van der Waals surface area contributed by atoms with E-state index in [9.17, 15) is 4.79 Å². The summed E-state index contributed by atoms with van der Waals surface area (Å²) in [5.41, 5.74) is 6.26. The number of carbonyl (C=O) groups is 1. The quantitative estimate of drug-likeness (QED) is 0.185. The van der Waals surface area contributed by atoms with Crippen molar-refractivity contribution in [3.8, 4) is 16.8 Å². The molecule has 2 aromatic carbocycles. The number of hydrogen-bond donors (Lipinski definition) is 0. The molecular weight excluding hydrogens is 514 g/mol. The van der Waals surface area contributed by atoms with E-state index >= 15 is 0 Å². The standard InChI is InChI=1S/C33H41N5O3/c1-5-28(30-22-37(3)36-35-30)32-29(33(39)41-6-2)21-34-38(32)27-17-11-15-25(20-27)24-14-10-16-26(19-24)31(40-4)18-23-12-8-7-9-13-23/h10-11,14-17,19-23,28,31H,5-9,12-13,18H2,1-4H3. The van der Waals surface area contributed by atoms with Gasteiger partial charge >= 0.3 is 5.97 Å². The molecule has 0 saturated heterocycles. The van der Waals surface area contributed by atoms with Crippen LogP contribution in [0.1, 0.15) is 98.1 Å². The highest BCUT2D eigenvalue weighted by Gasteiger charge is 2.29. The summed E-state index contributed by atoms with van der Waals surface area (Å²) in [6, 6.07) is 17.0. The number of ether oxygens (including phenoxy) is 2. The Morgan fingerprint density at radius 2 is 1.80 bits per heavy atom. The molecule has 8 nitrogen and oxygen atoms in total. The van der Waals surface area contributed by atoms with Crippen molar-refractivity contribution in [1.29, 1.82) is 0 Å². The minimum Gasteiger partial charge on any atom is -0.462 e. The first kappa shape index (κ1) is 28.7. The second-order valence-corrected chi connectivity index (χ2v) is 11.0. The number of aromatic nitrogens is 5. The Morgan fingerprint density at radius 1 is 1.05 bits per heavy atom. The second kappa shape index (κ2) is 13.3. The largest absolute Gasteiger partial charge is 0.462 e. The molecule has 1 aliphatic rings. The zero-order valence-corrected chi connectivity index (χ0v) is 24.6. The van der Waals surface area contributed by atoms with E-state index in [2.05, 4.69) is 53.6 Å². The molecule has 2 heterocycles. The van der Waals surface area contributed by atoms with Crippen LogP contribution in [0, 0.1) is 5.92 Å². The number of benzene rings is 2. The maximum atomic E-state index is 13.0. The van der Waals surface area contributed by atoms with Gasteiger partial charge in [0.05, 0.1) is 36.0 Å². The molecule has 41 heavy (non-hydrogen) atoms. The highest BCUT2D eigenvalue weighted by atomic mass is 16.5. The predicted octanol–water partition coefficient (Wildman–Crippen LogP) is 7.04. The molecule has 0 N–H and O–H groups in total. The highest BCUT2D eigenvalue weighted by Crippen LogP contribution is 2.36. The maximum absolute atomic E-state index is 13.0. The van der Waals surface area contributed by atoms with E-state index in [0.717, 1.165) is 47.0 Å². The van der Waals surface area contributed by atoms with E-state index in [-0.39, 0.29) is 18.0 Å². The van der Waals surface area contributed by atoms with Crippen molar-refractivity contribution in [2.75, 3.05) is 13.7 Å². The predicted molar refractivity (Wildman–Crippen MR) is 159 cm³/mol. The zero-order valence-electron chi connectivity index (χ0n) is 24.6. The van der Waals surface area contributed by atoms with Gasteiger partial charge < -0.3 is 9.47 Å². The molecule has 1 fully saturated rings. The molecule has 0 spiro atoms. The van der Waals surface area contributed by atoms with Gasteiger partial charge in [-0.15, -0.1) is 5.10 Å². The Labute approximate surface area is 242 Å². The molecule has 2 unspecified atom stereocenters. The number of rotatable bonds is 11. The number of aryl methyl sites for hydroxylation is 1. The fourth-order valence-corrected chi connectivity index (χ4v) is 6.16. The molecule has 5 rings (SSSR count). The van der Waals surface area contributed by atoms with E-state index in [4.69, 9.17) is 14.6 Å². The van der Waals surface area contributed by atoms with Crippen LogP contribution in [0.25, 0.3) is 16.8 Å². The van der Waals surface area contributed by atoms with Crippen LogP contribution in [-0.4, -0.2) is 44.5 Å². The molecule has 0 aliphatic heterocycles. The lowest BCUT2D eigenvalue weighted by Crippen LogP contribution is -2.15. The minimum atomic E-state index is -0.386. The van der Waals surface area contributed by atoms with Gasteiger partial charge in [0, 0.05) is 26.3 Å². The number of methoxy groups -OCH3 is 1. The van der Waals surface area contributed by atoms with Crippen molar-refractivity contribution in [2.45, 2.75) is 70.8 Å². The van der Waals surface area contributed by atoms with Crippen LogP contribution in [-0.2, 0) is 16.5 Å². The maximum Gasteiger partial charge on any atom is 0.341 e.